The first-order valence-corrected chi connectivity index (χ1v) is 5.95. The third-order valence-corrected chi connectivity index (χ3v) is 2.29. The summed E-state index contributed by atoms with van der Waals surface area (Å²) in [4.78, 5) is 4.31. The number of hydrazine groups is 1. The zero-order chi connectivity index (χ0) is 12.5. The zero-order valence-corrected chi connectivity index (χ0v) is 10.6. The predicted molar refractivity (Wildman–Crippen MR) is 71.2 cm³/mol. The van der Waals surface area contributed by atoms with E-state index in [1.54, 1.807) is 0 Å². The van der Waals surface area contributed by atoms with Crippen LogP contribution in [0, 0.1) is 6.92 Å². The Hall–Kier alpha value is -1.55. The van der Waals surface area contributed by atoms with Crippen LogP contribution < -0.4 is 16.0 Å². The summed E-state index contributed by atoms with van der Waals surface area (Å²) < 4.78 is 5.62. The molecule has 17 heavy (non-hydrogen) atoms. The summed E-state index contributed by atoms with van der Waals surface area (Å²) in [6.45, 7) is 5.50. The molecule has 0 saturated heterocycles. The van der Waals surface area contributed by atoms with E-state index < -0.39 is 0 Å². The average Bonchev–Trinajstić information content (AvgIpc) is 2.33. The van der Waals surface area contributed by atoms with Crippen molar-refractivity contribution in [2.24, 2.45) is 10.8 Å². The lowest BCUT2D eigenvalue weighted by atomic mass is 10.2. The van der Waals surface area contributed by atoms with E-state index in [9.17, 15) is 0 Å². The fourth-order valence-corrected chi connectivity index (χ4v) is 1.41. The van der Waals surface area contributed by atoms with Crippen molar-refractivity contribution in [3.8, 4) is 5.75 Å². The van der Waals surface area contributed by atoms with Gasteiger partial charge >= 0.3 is 0 Å². The summed E-state index contributed by atoms with van der Waals surface area (Å²) in [5.41, 5.74) is 3.80. The Morgan fingerprint density at radius 2 is 2.29 bits per heavy atom. The van der Waals surface area contributed by atoms with Gasteiger partial charge in [-0.3, -0.25) is 4.99 Å². The maximum absolute atomic E-state index is 5.62. The molecule has 0 aliphatic heterocycles. The molecule has 0 amide bonds. The van der Waals surface area contributed by atoms with Gasteiger partial charge in [0, 0.05) is 13.0 Å². The molecule has 4 heteroatoms. The molecule has 0 spiro atoms. The van der Waals surface area contributed by atoms with Crippen molar-refractivity contribution in [2.45, 2.75) is 26.7 Å². The Kier molecular flexibility index (Phi) is 6.10. The lowest BCUT2D eigenvalue weighted by Crippen LogP contribution is -2.31. The molecule has 0 radical (unpaired) electrons. The monoisotopic (exact) mass is 235 g/mol. The van der Waals surface area contributed by atoms with E-state index in [1.165, 1.54) is 5.56 Å². The molecular formula is C13H21N3O. The minimum Gasteiger partial charge on any atom is -0.493 e. The van der Waals surface area contributed by atoms with Gasteiger partial charge < -0.3 is 10.2 Å². The van der Waals surface area contributed by atoms with Gasteiger partial charge in [-0.1, -0.05) is 19.1 Å². The van der Waals surface area contributed by atoms with E-state index in [0.29, 0.717) is 13.0 Å². The molecular weight excluding hydrogens is 214 g/mol. The van der Waals surface area contributed by atoms with Crippen LogP contribution in [0.5, 0.6) is 5.75 Å². The molecule has 0 aliphatic carbocycles. The van der Waals surface area contributed by atoms with Crippen molar-refractivity contribution in [1.29, 1.82) is 0 Å². The molecule has 0 fully saturated rings. The summed E-state index contributed by atoms with van der Waals surface area (Å²) in [7, 11) is 0. The number of hydrogen-bond acceptors (Lipinski definition) is 3. The molecule has 0 atom stereocenters. The highest BCUT2D eigenvalue weighted by Gasteiger charge is 1.98. The van der Waals surface area contributed by atoms with Gasteiger partial charge in [0.15, 0.2) is 0 Å². The number of benzene rings is 1. The van der Waals surface area contributed by atoms with Crippen molar-refractivity contribution in [1.82, 2.24) is 5.43 Å². The largest absolute Gasteiger partial charge is 0.493 e. The standard InChI is InChI=1S/C13H21N3O/c1-3-8-15-13(16-14)7-9-17-12-6-4-5-11(2)10-12/h4-6,10H,3,7-9,14H2,1-2H3,(H,15,16). The highest BCUT2D eigenvalue weighted by Crippen LogP contribution is 2.12. The van der Waals surface area contributed by atoms with Crippen LogP contribution in [0.25, 0.3) is 0 Å². The van der Waals surface area contributed by atoms with Crippen molar-refractivity contribution < 1.29 is 4.74 Å². The summed E-state index contributed by atoms with van der Waals surface area (Å²) in [5.74, 6) is 7.06. The van der Waals surface area contributed by atoms with Crippen LogP contribution in [-0.4, -0.2) is 19.0 Å². The summed E-state index contributed by atoms with van der Waals surface area (Å²) in [6, 6.07) is 7.99. The Bertz CT molecular complexity index is 363. The van der Waals surface area contributed by atoms with Crippen molar-refractivity contribution in [2.75, 3.05) is 13.2 Å². The quantitative estimate of drug-likeness (QED) is 0.343. The van der Waals surface area contributed by atoms with Gasteiger partial charge in [0.2, 0.25) is 0 Å². The molecule has 0 saturated carbocycles. The maximum atomic E-state index is 5.62. The molecule has 3 N–H and O–H groups in total. The molecule has 1 rings (SSSR count). The van der Waals surface area contributed by atoms with E-state index >= 15 is 0 Å². The number of hydrogen-bond donors (Lipinski definition) is 2. The van der Waals surface area contributed by atoms with E-state index in [2.05, 4.69) is 17.3 Å². The molecule has 4 nitrogen and oxygen atoms in total. The van der Waals surface area contributed by atoms with Crippen LogP contribution >= 0.6 is 0 Å². The second kappa shape index (κ2) is 7.68. The van der Waals surface area contributed by atoms with Crippen LogP contribution in [0.15, 0.2) is 29.3 Å². The van der Waals surface area contributed by atoms with Crippen molar-refractivity contribution in [3.05, 3.63) is 29.8 Å². The average molecular weight is 235 g/mol. The number of aryl methyl sites for hydroxylation is 1. The number of nitrogens with one attached hydrogen (secondary N) is 1. The third kappa shape index (κ3) is 5.36. The number of amidine groups is 1. The lowest BCUT2D eigenvalue weighted by molar-refractivity contribution is 0.327. The lowest BCUT2D eigenvalue weighted by Gasteiger charge is -2.08. The fourth-order valence-electron chi connectivity index (χ4n) is 1.41. The van der Waals surface area contributed by atoms with Gasteiger partial charge in [-0.15, -0.1) is 0 Å². The molecule has 0 heterocycles. The van der Waals surface area contributed by atoms with Crippen LogP contribution in [0.2, 0.25) is 0 Å². The third-order valence-electron chi connectivity index (χ3n) is 2.29. The Morgan fingerprint density at radius 1 is 1.47 bits per heavy atom. The van der Waals surface area contributed by atoms with Gasteiger partial charge in [-0.05, 0) is 31.0 Å². The van der Waals surface area contributed by atoms with Crippen LogP contribution in [0.1, 0.15) is 25.3 Å². The summed E-state index contributed by atoms with van der Waals surface area (Å²) >= 11 is 0. The van der Waals surface area contributed by atoms with Gasteiger partial charge in [0.25, 0.3) is 0 Å². The van der Waals surface area contributed by atoms with Crippen LogP contribution in [0.3, 0.4) is 0 Å². The van der Waals surface area contributed by atoms with Crippen LogP contribution in [-0.2, 0) is 0 Å². The zero-order valence-electron chi connectivity index (χ0n) is 10.6. The van der Waals surface area contributed by atoms with E-state index in [-0.39, 0.29) is 0 Å². The Morgan fingerprint density at radius 3 is 2.94 bits per heavy atom. The molecule has 1 aromatic carbocycles. The topological polar surface area (TPSA) is 59.6 Å². The van der Waals surface area contributed by atoms with Gasteiger partial charge in [-0.25, -0.2) is 5.84 Å². The Balaban J connectivity index is 2.36. The Labute approximate surface area is 103 Å². The first kappa shape index (κ1) is 13.5. The van der Waals surface area contributed by atoms with Gasteiger partial charge in [0.05, 0.1) is 6.61 Å². The minimum atomic E-state index is 0.580. The number of ether oxygens (including phenoxy) is 1. The molecule has 94 valence electrons. The van der Waals surface area contributed by atoms with Gasteiger partial charge in [0.1, 0.15) is 11.6 Å². The highest BCUT2D eigenvalue weighted by atomic mass is 16.5. The van der Waals surface area contributed by atoms with Crippen molar-refractivity contribution in [3.63, 3.8) is 0 Å². The smallest absolute Gasteiger partial charge is 0.119 e. The van der Waals surface area contributed by atoms with E-state index in [0.717, 1.165) is 24.6 Å². The van der Waals surface area contributed by atoms with Crippen LogP contribution in [0.4, 0.5) is 0 Å². The van der Waals surface area contributed by atoms with Crippen molar-refractivity contribution >= 4 is 5.84 Å². The predicted octanol–water partition coefficient (Wildman–Crippen LogP) is 2.04. The number of nitrogens with two attached hydrogens (primary N) is 1. The first-order chi connectivity index (χ1) is 8.26. The molecule has 0 aliphatic rings. The normalized spacial score (nSPS) is 11.4. The first-order valence-electron chi connectivity index (χ1n) is 5.95. The highest BCUT2D eigenvalue weighted by molar-refractivity contribution is 5.81. The minimum absolute atomic E-state index is 0.580. The molecule has 0 unspecified atom stereocenters. The number of aliphatic imine (C=N–C) groups is 1. The van der Waals surface area contributed by atoms with E-state index in [4.69, 9.17) is 10.6 Å². The SMILES string of the molecule is CCCN=C(CCOc1cccc(C)c1)NN. The number of rotatable bonds is 6. The maximum Gasteiger partial charge on any atom is 0.119 e. The number of nitrogens with zero attached hydrogens (tertiary/aromatic N) is 1. The summed E-state index contributed by atoms with van der Waals surface area (Å²) in [6.07, 6.45) is 1.72. The molecule has 0 aromatic heterocycles. The molecule has 0 bridgehead atoms. The second-order valence-electron chi connectivity index (χ2n) is 3.89. The molecule has 1 aromatic rings. The second-order valence-corrected chi connectivity index (χ2v) is 3.89. The fraction of sp³-hybridized carbons (Fsp3) is 0.462. The summed E-state index contributed by atoms with van der Waals surface area (Å²) in [5, 5.41) is 0. The van der Waals surface area contributed by atoms with E-state index in [1.807, 2.05) is 31.2 Å². The van der Waals surface area contributed by atoms with Gasteiger partial charge in [-0.2, -0.15) is 0 Å².